The molecule has 6 rings (SSSR count). The standard InChI is InChI=1S/C34H45F3O23/c35-34(36,37)11-4-17(42)53-12-3-9(1-2-10(11)12)52-30-24(49)20(45)27(14(6-39)55-30)59-32-26(51)22(47)29(16(8-41)57-32)60-33-25(50)21(46)28(15(7-40)56-33)58-31-23(48)19(44)18(43)13(5-38)54-31/h1-4,13-16,18-33,38-41,43-51H,5-8H2/t13?,14?,15?,16?,18-,19+,20-,21-,22-,23?,24?,25?,26?,27-,28-,29-,30-,31+,32+,33+/m1/s1. The summed E-state index contributed by atoms with van der Waals surface area (Å²) in [5, 5.41) is 136. The van der Waals surface area contributed by atoms with Gasteiger partial charge >= 0.3 is 11.8 Å². The van der Waals surface area contributed by atoms with E-state index in [0.29, 0.717) is 0 Å². The molecule has 0 amide bonds. The van der Waals surface area contributed by atoms with Gasteiger partial charge in [0.2, 0.25) is 6.29 Å². The molecule has 2 aromatic rings. The second kappa shape index (κ2) is 18.9. The summed E-state index contributed by atoms with van der Waals surface area (Å²) in [6, 6.07) is 3.11. The second-order valence-corrected chi connectivity index (χ2v) is 14.4. The molecule has 26 heteroatoms. The van der Waals surface area contributed by atoms with Gasteiger partial charge < -0.3 is 109 Å². The molecule has 4 aliphatic rings. The number of hydrogen-bond donors (Lipinski definition) is 13. The Labute approximate surface area is 334 Å². The van der Waals surface area contributed by atoms with Crippen LogP contribution in [0.4, 0.5) is 13.2 Å². The fraction of sp³-hybridized carbons (Fsp3) is 0.735. The minimum atomic E-state index is -4.91. The Hall–Kier alpha value is -2.78. The molecule has 0 radical (unpaired) electrons. The lowest BCUT2D eigenvalue weighted by Gasteiger charge is -2.49. The van der Waals surface area contributed by atoms with Gasteiger partial charge in [-0.2, -0.15) is 13.2 Å². The summed E-state index contributed by atoms with van der Waals surface area (Å²) >= 11 is 0. The number of aliphatic hydroxyl groups is 13. The van der Waals surface area contributed by atoms with Crippen LogP contribution in [-0.2, 0) is 39.3 Å². The quantitative estimate of drug-likeness (QED) is 0.0882. The predicted octanol–water partition coefficient (Wildman–Crippen LogP) is -6.54. The zero-order valence-electron chi connectivity index (χ0n) is 30.7. The van der Waals surface area contributed by atoms with E-state index in [2.05, 4.69) is 0 Å². The molecule has 4 fully saturated rings. The maximum absolute atomic E-state index is 13.5. The average Bonchev–Trinajstić information content (AvgIpc) is 3.21. The second-order valence-electron chi connectivity index (χ2n) is 14.4. The van der Waals surface area contributed by atoms with Gasteiger partial charge in [-0.1, -0.05) is 0 Å². The van der Waals surface area contributed by atoms with Crippen LogP contribution in [0.1, 0.15) is 5.56 Å². The van der Waals surface area contributed by atoms with Gasteiger partial charge in [0, 0.05) is 17.5 Å². The fourth-order valence-electron chi connectivity index (χ4n) is 7.21. The van der Waals surface area contributed by atoms with Gasteiger partial charge in [-0.15, -0.1) is 0 Å². The van der Waals surface area contributed by atoms with Crippen LogP contribution < -0.4 is 10.4 Å². The van der Waals surface area contributed by atoms with Crippen LogP contribution in [0.15, 0.2) is 33.5 Å². The average molecular weight is 879 g/mol. The van der Waals surface area contributed by atoms with Crippen LogP contribution in [0.5, 0.6) is 5.75 Å². The summed E-state index contributed by atoms with van der Waals surface area (Å²) in [7, 11) is 0. The normalized spacial score (nSPS) is 42.9. The van der Waals surface area contributed by atoms with Gasteiger partial charge in [-0.3, -0.25) is 0 Å². The van der Waals surface area contributed by atoms with Crippen molar-refractivity contribution >= 4 is 11.0 Å². The number of halogens is 3. The van der Waals surface area contributed by atoms with E-state index in [9.17, 15) is 84.4 Å². The van der Waals surface area contributed by atoms with Crippen molar-refractivity contribution in [1.82, 2.24) is 0 Å². The summed E-state index contributed by atoms with van der Waals surface area (Å²) in [6.07, 6.45) is -42.1. The molecule has 23 nitrogen and oxygen atoms in total. The SMILES string of the molecule is O=c1cc(C(F)(F)F)c2ccc(O[C@@H]3OC(CO)[C@@H](O[C@@H]4OC(CO)[C@@H](O[C@@H]5OC(CO)[C@@H](O[C@@H]6OC(CO)[C@@H](O)[C@H](O)C6O)[C@H](O)C5O)[C@H](O)C4O)[C@H](O)C3O)cc2o1. The maximum Gasteiger partial charge on any atom is 0.417 e. The van der Waals surface area contributed by atoms with Gasteiger partial charge in [-0.05, 0) is 12.1 Å². The lowest BCUT2D eigenvalue weighted by molar-refractivity contribution is -0.387. The molecule has 20 atom stereocenters. The molecule has 1 aromatic heterocycles. The van der Waals surface area contributed by atoms with Crippen LogP contribution in [0.25, 0.3) is 11.0 Å². The molecule has 8 unspecified atom stereocenters. The third-order valence-corrected chi connectivity index (χ3v) is 10.5. The first-order chi connectivity index (χ1) is 28.3. The third kappa shape index (κ3) is 9.29. The Morgan fingerprint density at radius 2 is 0.917 bits per heavy atom. The van der Waals surface area contributed by atoms with Crippen LogP contribution in [0, 0.1) is 0 Å². The highest BCUT2D eigenvalue weighted by Gasteiger charge is 2.55. The molecule has 4 aliphatic heterocycles. The Kier molecular flexibility index (Phi) is 14.7. The van der Waals surface area contributed by atoms with E-state index in [-0.39, 0.29) is 11.8 Å². The van der Waals surface area contributed by atoms with Crippen LogP contribution in [0.2, 0.25) is 0 Å². The van der Waals surface area contributed by atoms with E-state index in [1.807, 2.05) is 0 Å². The van der Waals surface area contributed by atoms with Gasteiger partial charge in [-0.25, -0.2) is 4.79 Å². The Morgan fingerprint density at radius 1 is 0.517 bits per heavy atom. The number of alkyl halides is 3. The number of benzene rings is 1. The lowest BCUT2D eigenvalue weighted by atomic mass is 9.95. The molecule has 4 saturated heterocycles. The van der Waals surface area contributed by atoms with Crippen molar-refractivity contribution in [3.05, 3.63) is 40.2 Å². The van der Waals surface area contributed by atoms with E-state index in [1.165, 1.54) is 0 Å². The molecular formula is C34H45F3O23. The summed E-state index contributed by atoms with van der Waals surface area (Å²) in [4.78, 5) is 11.8. The molecule has 0 saturated carbocycles. The fourth-order valence-corrected chi connectivity index (χ4v) is 7.21. The third-order valence-electron chi connectivity index (χ3n) is 10.5. The molecule has 13 N–H and O–H groups in total. The Bertz CT molecular complexity index is 1780. The van der Waals surface area contributed by atoms with Crippen LogP contribution in [-0.4, -0.2) is 216 Å². The first-order valence-electron chi connectivity index (χ1n) is 18.3. The maximum atomic E-state index is 13.5. The topological polar surface area (TPSA) is 367 Å². The molecule has 0 bridgehead atoms. The van der Waals surface area contributed by atoms with Crippen LogP contribution >= 0.6 is 0 Å². The lowest BCUT2D eigenvalue weighted by Crippen LogP contribution is -2.67. The number of rotatable bonds is 12. The molecular weight excluding hydrogens is 833 g/mol. The molecule has 60 heavy (non-hydrogen) atoms. The van der Waals surface area contributed by atoms with Gasteiger partial charge in [0.1, 0.15) is 109 Å². The number of hydrogen-bond acceptors (Lipinski definition) is 23. The van der Waals surface area contributed by atoms with E-state index in [0.717, 1.165) is 18.2 Å². The van der Waals surface area contributed by atoms with E-state index in [4.69, 9.17) is 42.3 Å². The largest absolute Gasteiger partial charge is 0.462 e. The Balaban J connectivity index is 1.10. The van der Waals surface area contributed by atoms with Crippen molar-refractivity contribution in [2.45, 2.75) is 129 Å². The van der Waals surface area contributed by atoms with Crippen molar-refractivity contribution < 1.29 is 122 Å². The summed E-state index contributed by atoms with van der Waals surface area (Å²) in [5.41, 5.74) is -3.14. The van der Waals surface area contributed by atoms with E-state index >= 15 is 0 Å². The van der Waals surface area contributed by atoms with Crippen molar-refractivity contribution in [3.8, 4) is 5.75 Å². The minimum Gasteiger partial charge on any atom is -0.462 e. The zero-order chi connectivity index (χ0) is 44.0. The first-order valence-corrected chi connectivity index (χ1v) is 18.3. The molecule has 0 aliphatic carbocycles. The highest BCUT2D eigenvalue weighted by Crippen LogP contribution is 2.37. The summed E-state index contributed by atoms with van der Waals surface area (Å²) in [5.74, 6) is -0.301. The summed E-state index contributed by atoms with van der Waals surface area (Å²) < 4.78 is 89.5. The predicted molar refractivity (Wildman–Crippen MR) is 180 cm³/mol. The molecule has 0 spiro atoms. The zero-order valence-corrected chi connectivity index (χ0v) is 30.7. The number of fused-ring (bicyclic) bond motifs is 1. The summed E-state index contributed by atoms with van der Waals surface area (Å²) in [6.45, 7) is -3.72. The van der Waals surface area contributed by atoms with E-state index < -0.39 is 178 Å². The van der Waals surface area contributed by atoms with Crippen molar-refractivity contribution in [2.75, 3.05) is 26.4 Å². The smallest absolute Gasteiger partial charge is 0.417 e. The number of aliphatic hydroxyl groups excluding tert-OH is 13. The van der Waals surface area contributed by atoms with Crippen molar-refractivity contribution in [2.24, 2.45) is 0 Å². The van der Waals surface area contributed by atoms with Gasteiger partial charge in [0.15, 0.2) is 18.9 Å². The Morgan fingerprint density at radius 3 is 1.35 bits per heavy atom. The highest BCUT2D eigenvalue weighted by molar-refractivity contribution is 5.82. The number of ether oxygens (including phenoxy) is 8. The van der Waals surface area contributed by atoms with E-state index in [1.54, 1.807) is 0 Å². The minimum absolute atomic E-state index is 0.265. The van der Waals surface area contributed by atoms with Crippen molar-refractivity contribution in [1.29, 1.82) is 0 Å². The molecule has 1 aromatic carbocycles. The van der Waals surface area contributed by atoms with Crippen molar-refractivity contribution in [3.63, 3.8) is 0 Å². The highest BCUT2D eigenvalue weighted by atomic mass is 19.4. The van der Waals surface area contributed by atoms with Gasteiger partial charge in [0.25, 0.3) is 0 Å². The first kappa shape index (κ1) is 46.7. The van der Waals surface area contributed by atoms with Crippen LogP contribution in [0.3, 0.4) is 0 Å². The van der Waals surface area contributed by atoms with Gasteiger partial charge in [0.05, 0.1) is 32.0 Å². The molecule has 340 valence electrons. The molecule has 5 heterocycles. The monoisotopic (exact) mass is 878 g/mol.